The van der Waals surface area contributed by atoms with Crippen molar-refractivity contribution in [1.82, 2.24) is 5.06 Å². The fraction of sp³-hybridized carbons (Fsp3) is 0.250. The Morgan fingerprint density at radius 1 is 0.950 bits per heavy atom. The van der Waals surface area contributed by atoms with Gasteiger partial charge in [0.1, 0.15) is 18.5 Å². The molecule has 0 saturated carbocycles. The van der Waals surface area contributed by atoms with Gasteiger partial charge in [-0.3, -0.25) is 0 Å². The molecule has 0 aromatic heterocycles. The van der Waals surface area contributed by atoms with E-state index in [0.717, 1.165) is 10.6 Å². The van der Waals surface area contributed by atoms with E-state index in [2.05, 4.69) is 0 Å². The third kappa shape index (κ3) is 5.01. The van der Waals surface area contributed by atoms with Crippen molar-refractivity contribution < 1.29 is 15.1 Å². The zero-order valence-electron chi connectivity index (χ0n) is 11.2. The zero-order valence-corrected chi connectivity index (χ0v) is 11.2. The second-order valence-corrected chi connectivity index (χ2v) is 4.61. The summed E-state index contributed by atoms with van der Waals surface area (Å²) in [5, 5.41) is 20.7. The molecule has 0 amide bonds. The first-order valence-electron chi connectivity index (χ1n) is 6.57. The van der Waals surface area contributed by atoms with Crippen LogP contribution in [-0.4, -0.2) is 34.6 Å². The topological polar surface area (TPSA) is 52.9 Å². The number of benzene rings is 2. The highest BCUT2D eigenvalue weighted by Gasteiger charge is 2.11. The third-order valence-electron chi connectivity index (χ3n) is 2.82. The first-order valence-corrected chi connectivity index (χ1v) is 6.57. The van der Waals surface area contributed by atoms with E-state index in [1.54, 1.807) is 0 Å². The smallest absolute Gasteiger partial charge is 0.119 e. The predicted molar refractivity (Wildman–Crippen MR) is 76.6 cm³/mol. The summed E-state index contributed by atoms with van der Waals surface area (Å²) in [7, 11) is 0. The van der Waals surface area contributed by atoms with E-state index in [1.807, 2.05) is 60.7 Å². The van der Waals surface area contributed by atoms with E-state index < -0.39 is 6.10 Å². The van der Waals surface area contributed by atoms with Crippen LogP contribution in [0.25, 0.3) is 0 Å². The number of ether oxygens (including phenoxy) is 1. The summed E-state index contributed by atoms with van der Waals surface area (Å²) in [6.45, 7) is 0.667. The standard InChI is InChI=1S/C16H19NO3/c18-15(13-20-16-9-5-2-6-10-16)12-17(19)11-14-7-3-1-4-8-14/h1-10,15,18-19H,11-13H2. The first-order chi connectivity index (χ1) is 9.74. The van der Waals surface area contributed by atoms with Gasteiger partial charge in [0.15, 0.2) is 0 Å². The number of rotatable bonds is 7. The summed E-state index contributed by atoms with van der Waals surface area (Å²) in [6.07, 6.45) is -0.746. The molecule has 0 radical (unpaired) electrons. The van der Waals surface area contributed by atoms with Gasteiger partial charge in [-0.25, -0.2) is 0 Å². The number of para-hydroxylation sites is 1. The Bertz CT molecular complexity index is 490. The number of aliphatic hydroxyl groups is 1. The quantitative estimate of drug-likeness (QED) is 0.760. The second-order valence-electron chi connectivity index (χ2n) is 4.61. The van der Waals surface area contributed by atoms with Crippen LogP contribution < -0.4 is 4.74 Å². The van der Waals surface area contributed by atoms with Crippen LogP contribution in [0, 0.1) is 0 Å². The van der Waals surface area contributed by atoms with Gasteiger partial charge < -0.3 is 15.1 Å². The Morgan fingerprint density at radius 2 is 1.55 bits per heavy atom. The molecule has 0 fully saturated rings. The third-order valence-corrected chi connectivity index (χ3v) is 2.82. The summed E-state index contributed by atoms with van der Waals surface area (Å²) in [5.74, 6) is 0.707. The van der Waals surface area contributed by atoms with Gasteiger partial charge in [-0.2, -0.15) is 5.06 Å². The van der Waals surface area contributed by atoms with Crippen molar-refractivity contribution in [3.63, 3.8) is 0 Å². The van der Waals surface area contributed by atoms with Crippen molar-refractivity contribution in [3.05, 3.63) is 66.2 Å². The molecule has 0 bridgehead atoms. The fourth-order valence-electron chi connectivity index (χ4n) is 1.86. The molecular weight excluding hydrogens is 254 g/mol. The van der Waals surface area contributed by atoms with Crippen molar-refractivity contribution in [2.45, 2.75) is 12.6 Å². The summed E-state index contributed by atoms with van der Waals surface area (Å²) < 4.78 is 5.43. The SMILES string of the molecule is OC(COc1ccccc1)CN(O)Cc1ccccc1. The number of hydrogen-bond acceptors (Lipinski definition) is 4. The minimum atomic E-state index is -0.746. The van der Waals surface area contributed by atoms with Crippen molar-refractivity contribution in [2.24, 2.45) is 0 Å². The lowest BCUT2D eigenvalue weighted by atomic mass is 10.2. The molecule has 0 aliphatic heterocycles. The number of hydroxylamine groups is 2. The molecule has 1 atom stereocenters. The molecule has 0 aliphatic carbocycles. The van der Waals surface area contributed by atoms with Gasteiger partial charge in [0, 0.05) is 6.54 Å². The summed E-state index contributed by atoms with van der Waals surface area (Å²) in [4.78, 5) is 0. The Balaban J connectivity index is 1.72. The lowest BCUT2D eigenvalue weighted by Gasteiger charge is -2.19. The predicted octanol–water partition coefficient (Wildman–Crippen LogP) is 2.32. The van der Waals surface area contributed by atoms with Gasteiger partial charge >= 0.3 is 0 Å². The molecule has 2 N–H and O–H groups in total. The number of nitrogens with zero attached hydrogens (tertiary/aromatic N) is 1. The maximum atomic E-state index is 9.83. The summed E-state index contributed by atoms with van der Waals surface area (Å²) in [6, 6.07) is 18.9. The zero-order chi connectivity index (χ0) is 14.2. The van der Waals surface area contributed by atoms with Crippen LogP contribution in [0.15, 0.2) is 60.7 Å². The van der Waals surface area contributed by atoms with Gasteiger partial charge in [0.25, 0.3) is 0 Å². The first kappa shape index (κ1) is 14.5. The molecule has 0 saturated heterocycles. The fourth-order valence-corrected chi connectivity index (χ4v) is 1.86. The highest BCUT2D eigenvalue weighted by atomic mass is 16.5. The molecule has 0 heterocycles. The highest BCUT2D eigenvalue weighted by Crippen LogP contribution is 2.09. The number of aliphatic hydroxyl groups excluding tert-OH is 1. The molecular formula is C16H19NO3. The van der Waals surface area contributed by atoms with Gasteiger partial charge in [-0.05, 0) is 17.7 Å². The molecule has 106 valence electrons. The summed E-state index contributed by atoms with van der Waals surface area (Å²) >= 11 is 0. The van der Waals surface area contributed by atoms with Crippen molar-refractivity contribution in [2.75, 3.05) is 13.2 Å². The van der Waals surface area contributed by atoms with Crippen molar-refractivity contribution >= 4 is 0 Å². The Labute approximate surface area is 118 Å². The van der Waals surface area contributed by atoms with E-state index in [4.69, 9.17) is 4.74 Å². The largest absolute Gasteiger partial charge is 0.491 e. The van der Waals surface area contributed by atoms with Gasteiger partial charge in [0.05, 0.1) is 6.54 Å². The Kier molecular flexibility index (Phi) is 5.55. The molecule has 4 heteroatoms. The second kappa shape index (κ2) is 7.65. The average molecular weight is 273 g/mol. The van der Waals surface area contributed by atoms with Gasteiger partial charge in [-0.15, -0.1) is 0 Å². The van der Waals surface area contributed by atoms with Crippen LogP contribution in [0.2, 0.25) is 0 Å². The van der Waals surface area contributed by atoms with Crippen molar-refractivity contribution in [3.8, 4) is 5.75 Å². The van der Waals surface area contributed by atoms with Crippen LogP contribution in [0.4, 0.5) is 0 Å². The normalized spacial score (nSPS) is 12.3. The van der Waals surface area contributed by atoms with E-state index in [9.17, 15) is 10.3 Å². The van der Waals surface area contributed by atoms with E-state index in [-0.39, 0.29) is 13.2 Å². The minimum Gasteiger partial charge on any atom is -0.491 e. The number of hydrogen-bond donors (Lipinski definition) is 2. The Morgan fingerprint density at radius 3 is 2.20 bits per heavy atom. The lowest BCUT2D eigenvalue weighted by Crippen LogP contribution is -2.33. The monoisotopic (exact) mass is 273 g/mol. The highest BCUT2D eigenvalue weighted by molar-refractivity contribution is 5.20. The van der Waals surface area contributed by atoms with Crippen LogP contribution in [0.1, 0.15) is 5.56 Å². The van der Waals surface area contributed by atoms with Crippen LogP contribution in [-0.2, 0) is 6.54 Å². The van der Waals surface area contributed by atoms with Crippen LogP contribution in [0.3, 0.4) is 0 Å². The van der Waals surface area contributed by atoms with E-state index in [1.165, 1.54) is 0 Å². The molecule has 0 spiro atoms. The van der Waals surface area contributed by atoms with E-state index >= 15 is 0 Å². The van der Waals surface area contributed by atoms with E-state index in [0.29, 0.717) is 12.3 Å². The summed E-state index contributed by atoms with van der Waals surface area (Å²) in [5.41, 5.74) is 0.992. The molecule has 4 nitrogen and oxygen atoms in total. The van der Waals surface area contributed by atoms with Crippen LogP contribution in [0.5, 0.6) is 5.75 Å². The molecule has 20 heavy (non-hydrogen) atoms. The average Bonchev–Trinajstić information content (AvgIpc) is 2.47. The van der Waals surface area contributed by atoms with Crippen LogP contribution >= 0.6 is 0 Å². The molecule has 2 aromatic rings. The van der Waals surface area contributed by atoms with Gasteiger partial charge in [0.2, 0.25) is 0 Å². The molecule has 2 aromatic carbocycles. The van der Waals surface area contributed by atoms with Crippen molar-refractivity contribution in [1.29, 1.82) is 0 Å². The Hall–Kier alpha value is -1.88. The maximum Gasteiger partial charge on any atom is 0.119 e. The minimum absolute atomic E-state index is 0.141. The molecule has 0 aliphatic rings. The maximum absolute atomic E-state index is 9.83. The molecule has 2 rings (SSSR count). The van der Waals surface area contributed by atoms with Gasteiger partial charge in [-0.1, -0.05) is 48.5 Å². The lowest BCUT2D eigenvalue weighted by molar-refractivity contribution is -0.125. The molecule has 1 unspecified atom stereocenters.